The number of aliphatic hydroxyl groups is 1. The van der Waals surface area contributed by atoms with Crippen molar-refractivity contribution in [1.29, 1.82) is 0 Å². The average Bonchev–Trinajstić information content (AvgIpc) is 3.31. The summed E-state index contributed by atoms with van der Waals surface area (Å²) in [7, 11) is 0. The van der Waals surface area contributed by atoms with E-state index in [2.05, 4.69) is 20.9 Å². The standard InChI is InChI=1S/C26H38N6O8/c1-14(33)22(32-23(36)17(28)7-4-5-11-27)25(38)30-19(9-10-21(34)35)24(37)31-20(26(39)40)12-15-13-29-18-8-3-2-6-16(15)18/h2-3,6,8,13-14,17,19-20,22,29,33H,4-5,7,9-12,27-28H2,1H3,(H,30,38)(H,31,37)(H,32,36)(H,34,35)(H,39,40). The molecule has 0 bridgehead atoms. The van der Waals surface area contributed by atoms with Gasteiger partial charge in [0, 0.05) is 29.9 Å². The van der Waals surface area contributed by atoms with Crippen molar-refractivity contribution >= 4 is 40.6 Å². The molecule has 5 unspecified atom stereocenters. The SMILES string of the molecule is CC(O)C(NC(=O)C(N)CCCCN)C(=O)NC(CCC(=O)O)C(=O)NC(Cc1c[nH]c2ccccc12)C(=O)O. The van der Waals surface area contributed by atoms with Gasteiger partial charge in [-0.1, -0.05) is 24.6 Å². The van der Waals surface area contributed by atoms with Crippen LogP contribution in [-0.4, -0.2) is 86.8 Å². The van der Waals surface area contributed by atoms with Crippen LogP contribution in [0.4, 0.5) is 0 Å². The molecule has 5 atom stereocenters. The molecule has 2 aromatic rings. The quantitative estimate of drug-likeness (QED) is 0.106. The van der Waals surface area contributed by atoms with E-state index in [1.54, 1.807) is 18.3 Å². The van der Waals surface area contributed by atoms with Gasteiger partial charge in [0.2, 0.25) is 17.7 Å². The number of nitrogens with one attached hydrogen (secondary N) is 4. The number of benzene rings is 1. The van der Waals surface area contributed by atoms with Gasteiger partial charge >= 0.3 is 11.9 Å². The summed E-state index contributed by atoms with van der Waals surface area (Å²) < 4.78 is 0. The number of para-hydroxylation sites is 1. The van der Waals surface area contributed by atoms with Crippen molar-refractivity contribution < 1.29 is 39.3 Å². The van der Waals surface area contributed by atoms with Crippen molar-refractivity contribution in [3.63, 3.8) is 0 Å². The lowest BCUT2D eigenvalue weighted by Gasteiger charge is -2.26. The van der Waals surface area contributed by atoms with E-state index in [9.17, 15) is 34.2 Å². The lowest BCUT2D eigenvalue weighted by molar-refractivity contribution is -0.143. The number of hydrogen-bond acceptors (Lipinski definition) is 8. The lowest BCUT2D eigenvalue weighted by Crippen LogP contribution is -2.59. The van der Waals surface area contributed by atoms with Gasteiger partial charge in [-0.25, -0.2) is 4.79 Å². The summed E-state index contributed by atoms with van der Waals surface area (Å²) in [6.07, 6.45) is 0.801. The number of aromatic amines is 1. The maximum Gasteiger partial charge on any atom is 0.326 e. The van der Waals surface area contributed by atoms with Crippen molar-refractivity contribution in [2.45, 2.75) is 75.7 Å². The summed E-state index contributed by atoms with van der Waals surface area (Å²) in [5.41, 5.74) is 12.7. The van der Waals surface area contributed by atoms with Gasteiger partial charge in [-0.3, -0.25) is 19.2 Å². The van der Waals surface area contributed by atoms with Crippen LogP contribution in [0.1, 0.15) is 44.6 Å². The number of hydrogen-bond donors (Lipinski definition) is 9. The van der Waals surface area contributed by atoms with E-state index < -0.39 is 66.4 Å². The van der Waals surface area contributed by atoms with Crippen LogP contribution in [0, 0.1) is 0 Å². The zero-order valence-corrected chi connectivity index (χ0v) is 22.3. The Morgan fingerprint density at radius 1 is 0.925 bits per heavy atom. The fraction of sp³-hybridized carbons (Fsp3) is 0.500. The molecule has 14 heteroatoms. The zero-order chi connectivity index (χ0) is 29.8. The molecule has 40 heavy (non-hydrogen) atoms. The first kappa shape index (κ1) is 32.2. The predicted molar refractivity (Wildman–Crippen MR) is 145 cm³/mol. The van der Waals surface area contributed by atoms with Crippen molar-refractivity contribution in [3.05, 3.63) is 36.0 Å². The number of carbonyl (C=O) groups is 5. The molecule has 0 saturated heterocycles. The minimum Gasteiger partial charge on any atom is -0.481 e. The predicted octanol–water partition coefficient (Wildman–Crippen LogP) is -1.05. The van der Waals surface area contributed by atoms with Crippen LogP contribution < -0.4 is 27.4 Å². The van der Waals surface area contributed by atoms with Crippen LogP contribution in [0.3, 0.4) is 0 Å². The maximum atomic E-state index is 13.1. The number of aliphatic carboxylic acids is 2. The molecule has 1 aromatic carbocycles. The molecule has 0 fully saturated rings. The number of unbranched alkanes of at least 4 members (excludes halogenated alkanes) is 1. The summed E-state index contributed by atoms with van der Waals surface area (Å²) >= 11 is 0. The van der Waals surface area contributed by atoms with E-state index in [1.165, 1.54) is 6.92 Å². The minimum atomic E-state index is -1.50. The van der Waals surface area contributed by atoms with Gasteiger partial charge in [-0.05, 0) is 44.4 Å². The molecule has 0 spiro atoms. The average molecular weight is 563 g/mol. The molecule has 1 heterocycles. The second-order valence-corrected chi connectivity index (χ2v) is 9.57. The number of carbonyl (C=O) groups excluding carboxylic acids is 3. The Labute approximate surface area is 230 Å². The molecule has 0 saturated carbocycles. The second-order valence-electron chi connectivity index (χ2n) is 9.57. The molecule has 0 aliphatic rings. The number of H-pyrrole nitrogens is 1. The van der Waals surface area contributed by atoms with E-state index in [-0.39, 0.29) is 12.8 Å². The van der Waals surface area contributed by atoms with Crippen LogP contribution in [-0.2, 0) is 30.4 Å². The molecule has 11 N–H and O–H groups in total. The third kappa shape index (κ3) is 9.63. The number of fused-ring (bicyclic) bond motifs is 1. The monoisotopic (exact) mass is 562 g/mol. The first-order valence-corrected chi connectivity index (χ1v) is 13.0. The maximum absolute atomic E-state index is 13.1. The van der Waals surface area contributed by atoms with Gasteiger partial charge in [0.15, 0.2) is 0 Å². The molecule has 3 amide bonds. The first-order chi connectivity index (χ1) is 18.9. The van der Waals surface area contributed by atoms with Crippen LogP contribution >= 0.6 is 0 Å². The van der Waals surface area contributed by atoms with Gasteiger partial charge < -0.3 is 47.7 Å². The molecule has 0 aliphatic heterocycles. The van der Waals surface area contributed by atoms with Crippen LogP contribution in [0.25, 0.3) is 10.9 Å². The number of carboxylic acids is 2. The van der Waals surface area contributed by atoms with Gasteiger partial charge in [-0.2, -0.15) is 0 Å². The molecule has 220 valence electrons. The number of carboxylic acid groups (broad SMARTS) is 2. The first-order valence-electron chi connectivity index (χ1n) is 13.0. The zero-order valence-electron chi connectivity index (χ0n) is 22.3. The molecular formula is C26H38N6O8. The Bertz CT molecular complexity index is 1180. The Morgan fingerprint density at radius 2 is 1.60 bits per heavy atom. The summed E-state index contributed by atoms with van der Waals surface area (Å²) in [4.78, 5) is 64.8. The Morgan fingerprint density at radius 3 is 2.23 bits per heavy atom. The van der Waals surface area contributed by atoms with E-state index in [1.807, 2.05) is 12.1 Å². The number of rotatable bonds is 17. The molecule has 2 rings (SSSR count). The molecule has 14 nitrogen and oxygen atoms in total. The van der Waals surface area contributed by atoms with E-state index in [0.717, 1.165) is 10.9 Å². The van der Waals surface area contributed by atoms with E-state index in [4.69, 9.17) is 16.6 Å². The van der Waals surface area contributed by atoms with Crippen molar-refractivity contribution in [2.75, 3.05) is 6.54 Å². The summed E-state index contributed by atoms with van der Waals surface area (Å²) in [6.45, 7) is 1.68. The summed E-state index contributed by atoms with van der Waals surface area (Å²) in [5, 5.41) is 36.9. The minimum absolute atomic E-state index is 0.0842. The normalized spacial score (nSPS) is 14.9. The van der Waals surface area contributed by atoms with Crippen molar-refractivity contribution in [1.82, 2.24) is 20.9 Å². The number of aromatic nitrogens is 1. The summed E-state index contributed by atoms with van der Waals surface area (Å²) in [6, 6.07) is 1.88. The van der Waals surface area contributed by atoms with E-state index in [0.29, 0.717) is 31.4 Å². The molecule has 1 aromatic heterocycles. The van der Waals surface area contributed by atoms with Gasteiger partial charge in [-0.15, -0.1) is 0 Å². The van der Waals surface area contributed by atoms with Gasteiger partial charge in [0.25, 0.3) is 0 Å². The smallest absolute Gasteiger partial charge is 0.326 e. The third-order valence-electron chi connectivity index (χ3n) is 6.36. The highest BCUT2D eigenvalue weighted by Gasteiger charge is 2.33. The fourth-order valence-corrected chi connectivity index (χ4v) is 4.10. The second kappa shape index (κ2) is 15.5. The highest BCUT2D eigenvalue weighted by Crippen LogP contribution is 2.19. The lowest BCUT2D eigenvalue weighted by atomic mass is 10.0. The molecule has 0 radical (unpaired) electrons. The van der Waals surface area contributed by atoms with Gasteiger partial charge in [0.05, 0.1) is 12.1 Å². The third-order valence-corrected chi connectivity index (χ3v) is 6.36. The van der Waals surface area contributed by atoms with E-state index >= 15 is 0 Å². The van der Waals surface area contributed by atoms with Crippen molar-refractivity contribution in [2.24, 2.45) is 11.5 Å². The van der Waals surface area contributed by atoms with Crippen LogP contribution in [0.15, 0.2) is 30.5 Å². The van der Waals surface area contributed by atoms with Crippen LogP contribution in [0.5, 0.6) is 0 Å². The summed E-state index contributed by atoms with van der Waals surface area (Å²) in [5.74, 6) is -5.18. The Balaban J connectivity index is 2.15. The number of amides is 3. The molecule has 0 aliphatic carbocycles. The number of aliphatic hydroxyl groups excluding tert-OH is 1. The van der Waals surface area contributed by atoms with Gasteiger partial charge in [0.1, 0.15) is 18.1 Å². The van der Waals surface area contributed by atoms with Crippen LogP contribution in [0.2, 0.25) is 0 Å². The Kier molecular flexibility index (Phi) is 12.5. The molecular weight excluding hydrogens is 524 g/mol. The highest BCUT2D eigenvalue weighted by molar-refractivity contribution is 5.94. The fourth-order valence-electron chi connectivity index (χ4n) is 4.10. The Hall–Kier alpha value is -4.01. The van der Waals surface area contributed by atoms with Crippen molar-refractivity contribution in [3.8, 4) is 0 Å². The number of nitrogens with two attached hydrogens (primary N) is 2. The highest BCUT2D eigenvalue weighted by atomic mass is 16.4. The largest absolute Gasteiger partial charge is 0.481 e. The topological polar surface area (TPSA) is 250 Å².